The molecule has 0 spiro atoms. The van der Waals surface area contributed by atoms with Crippen LogP contribution >= 0.6 is 0 Å². The number of fused-ring (bicyclic) bond motifs is 3. The molecule has 2 aliphatic rings. The summed E-state index contributed by atoms with van der Waals surface area (Å²) >= 11 is 0. The minimum atomic E-state index is -1.24. The number of rotatable bonds is 19. The van der Waals surface area contributed by atoms with E-state index in [0.717, 1.165) is 93.2 Å². The standard InChI is InChI=1S/C36H45N3O3.C26H29N3O2/c1-6-10-11-12-13-16-24-39-26(5)33(28-18-14-15-20-31(28)39)36(34-29(35(40)42-36)19-17-23-37-34)30-22-21-27(38(7-2)8-3)25-32(30)41-9-4;1-27(2)20-11-7-18(8-12-20)26(19-9-13-21(14-10-19)28(3)4)24-16-15-22(29(5)6)17-23(24)25(30)31-26/h14-15,17-23,25H,6-13,16,24H2,1-5H3;7-17H,1-6H3. The maximum atomic E-state index is 13.6. The molecule has 11 nitrogen and oxygen atoms in total. The van der Waals surface area contributed by atoms with Crippen molar-refractivity contribution in [3.8, 4) is 5.75 Å². The fourth-order valence-corrected chi connectivity index (χ4v) is 10.8. The van der Waals surface area contributed by atoms with E-state index in [4.69, 9.17) is 19.2 Å². The van der Waals surface area contributed by atoms with Gasteiger partial charge in [-0.1, -0.05) is 87.6 Å². The largest absolute Gasteiger partial charge is 0.493 e. The molecule has 382 valence electrons. The Morgan fingerprint density at radius 3 is 1.75 bits per heavy atom. The van der Waals surface area contributed by atoms with Crippen LogP contribution in [0.2, 0.25) is 0 Å². The molecule has 7 aromatic rings. The molecule has 2 aliphatic heterocycles. The number of anilines is 4. The van der Waals surface area contributed by atoms with Crippen molar-refractivity contribution in [1.29, 1.82) is 0 Å². The molecule has 5 aromatic carbocycles. The molecule has 0 radical (unpaired) electrons. The first-order chi connectivity index (χ1) is 35.2. The normalized spacial score (nSPS) is 15.2. The van der Waals surface area contributed by atoms with E-state index in [1.807, 2.05) is 78.4 Å². The highest BCUT2D eigenvalue weighted by Gasteiger charge is 2.54. The van der Waals surface area contributed by atoms with Crippen LogP contribution in [0.15, 0.2) is 128 Å². The summed E-state index contributed by atoms with van der Waals surface area (Å²) in [6, 6.07) is 40.8. The van der Waals surface area contributed by atoms with Gasteiger partial charge >= 0.3 is 11.9 Å². The van der Waals surface area contributed by atoms with Crippen LogP contribution in [0.25, 0.3) is 10.9 Å². The zero-order valence-corrected chi connectivity index (χ0v) is 44.9. The summed E-state index contributed by atoms with van der Waals surface area (Å²) in [4.78, 5) is 39.9. The molecular weight excluding hydrogens is 909 g/mol. The molecule has 0 saturated carbocycles. The first kappa shape index (κ1) is 52.1. The molecule has 0 aliphatic carbocycles. The fourth-order valence-electron chi connectivity index (χ4n) is 10.8. The summed E-state index contributed by atoms with van der Waals surface area (Å²) in [5.74, 6) is 0.0490. The summed E-state index contributed by atoms with van der Waals surface area (Å²) in [5, 5.41) is 1.07. The van der Waals surface area contributed by atoms with Gasteiger partial charge in [0.05, 0.1) is 17.7 Å². The van der Waals surface area contributed by atoms with Crippen molar-refractivity contribution < 1.29 is 23.8 Å². The maximum absolute atomic E-state index is 13.6. The van der Waals surface area contributed by atoms with Crippen molar-refractivity contribution >= 4 is 45.6 Å². The Morgan fingerprint density at radius 2 is 1.14 bits per heavy atom. The van der Waals surface area contributed by atoms with Gasteiger partial charge in [0, 0.05) is 141 Å². The first-order valence-corrected chi connectivity index (χ1v) is 26.2. The van der Waals surface area contributed by atoms with Gasteiger partial charge in [0.15, 0.2) is 5.60 Å². The Kier molecular flexibility index (Phi) is 15.9. The Bertz CT molecular complexity index is 2990. The molecule has 0 fully saturated rings. The molecule has 0 saturated heterocycles. The SMILES string of the molecule is CCCCCCCCn1c(C)c(C2(c3ccc(N(CC)CC)cc3OCC)OC(=O)c3cccnc32)c2ccccc21.CN(C)c1ccc(C2(c3ccc(N(C)C)cc3)OC(=O)c3cc(N(C)C)ccc32)cc1. The van der Waals surface area contributed by atoms with E-state index >= 15 is 0 Å². The maximum Gasteiger partial charge on any atom is 0.341 e. The van der Waals surface area contributed by atoms with E-state index in [2.05, 4.69) is 138 Å². The van der Waals surface area contributed by atoms with E-state index in [1.54, 1.807) is 12.3 Å². The predicted octanol–water partition coefficient (Wildman–Crippen LogP) is 12.8. The number of ether oxygens (including phenoxy) is 3. The molecule has 2 aromatic heterocycles. The smallest absolute Gasteiger partial charge is 0.341 e. The number of aryl methyl sites for hydroxylation is 1. The quantitative estimate of drug-likeness (QED) is 0.0576. The van der Waals surface area contributed by atoms with E-state index in [0.29, 0.717) is 29.2 Å². The molecule has 0 amide bonds. The zero-order chi connectivity index (χ0) is 52.0. The van der Waals surface area contributed by atoms with Gasteiger partial charge in [0.1, 0.15) is 11.4 Å². The summed E-state index contributed by atoms with van der Waals surface area (Å²) in [6.45, 7) is 13.9. The third-order valence-electron chi connectivity index (χ3n) is 14.6. The predicted molar refractivity (Wildman–Crippen MR) is 298 cm³/mol. The Labute approximate surface area is 433 Å². The second-order valence-corrected chi connectivity index (χ2v) is 19.7. The number of benzene rings is 5. The second-order valence-electron chi connectivity index (χ2n) is 19.7. The number of unbranched alkanes of at least 4 members (excludes halogenated alkanes) is 5. The van der Waals surface area contributed by atoms with Crippen molar-refractivity contribution in [1.82, 2.24) is 9.55 Å². The van der Waals surface area contributed by atoms with Crippen LogP contribution in [0.5, 0.6) is 5.75 Å². The van der Waals surface area contributed by atoms with Gasteiger partial charge in [-0.3, -0.25) is 4.98 Å². The summed E-state index contributed by atoms with van der Waals surface area (Å²) in [6.07, 6.45) is 9.16. The van der Waals surface area contributed by atoms with Gasteiger partial charge in [-0.15, -0.1) is 0 Å². The van der Waals surface area contributed by atoms with Gasteiger partial charge < -0.3 is 38.4 Å². The zero-order valence-electron chi connectivity index (χ0n) is 44.9. The van der Waals surface area contributed by atoms with Gasteiger partial charge in [-0.05, 0) is 101 Å². The minimum Gasteiger partial charge on any atom is -0.493 e. The Balaban J connectivity index is 0.000000204. The van der Waals surface area contributed by atoms with Crippen LogP contribution in [-0.2, 0) is 27.2 Å². The van der Waals surface area contributed by atoms with Crippen LogP contribution in [0.4, 0.5) is 22.7 Å². The molecule has 11 heteroatoms. The van der Waals surface area contributed by atoms with Crippen LogP contribution in [0.3, 0.4) is 0 Å². The number of nitrogens with zero attached hydrogens (tertiary/aromatic N) is 6. The highest BCUT2D eigenvalue weighted by molar-refractivity contribution is 5.99. The summed E-state index contributed by atoms with van der Waals surface area (Å²) in [5.41, 5.74) is 10.5. The van der Waals surface area contributed by atoms with Crippen LogP contribution in [0, 0.1) is 6.92 Å². The van der Waals surface area contributed by atoms with Crippen molar-refractivity contribution in [3.63, 3.8) is 0 Å². The average Bonchev–Trinajstić information content (AvgIpc) is 3.98. The minimum absolute atomic E-state index is 0.299. The van der Waals surface area contributed by atoms with E-state index in [-0.39, 0.29) is 11.9 Å². The van der Waals surface area contributed by atoms with Crippen molar-refractivity contribution in [2.45, 2.75) is 90.9 Å². The van der Waals surface area contributed by atoms with Crippen LogP contribution in [0.1, 0.15) is 126 Å². The van der Waals surface area contributed by atoms with Gasteiger partial charge in [0.25, 0.3) is 0 Å². The van der Waals surface area contributed by atoms with Crippen molar-refractivity contribution in [2.24, 2.45) is 0 Å². The van der Waals surface area contributed by atoms with Gasteiger partial charge in [-0.2, -0.15) is 0 Å². The van der Waals surface area contributed by atoms with Gasteiger partial charge in [-0.25, -0.2) is 9.59 Å². The fraction of sp³-hybridized carbons (Fsp3) is 0.371. The molecule has 0 N–H and O–H groups in total. The molecule has 9 rings (SSSR count). The summed E-state index contributed by atoms with van der Waals surface area (Å²) < 4.78 is 21.6. The lowest BCUT2D eigenvalue weighted by Gasteiger charge is -2.32. The summed E-state index contributed by atoms with van der Waals surface area (Å²) in [7, 11) is 12.0. The lowest BCUT2D eigenvalue weighted by molar-refractivity contribution is 0.0233. The van der Waals surface area contributed by atoms with E-state index in [1.165, 1.54) is 32.1 Å². The lowest BCUT2D eigenvalue weighted by Crippen LogP contribution is -2.32. The van der Waals surface area contributed by atoms with E-state index < -0.39 is 11.2 Å². The number of pyridine rings is 1. The highest BCUT2D eigenvalue weighted by atomic mass is 16.6. The van der Waals surface area contributed by atoms with E-state index in [9.17, 15) is 9.59 Å². The number of esters is 2. The molecule has 0 bridgehead atoms. The third kappa shape index (κ3) is 9.74. The lowest BCUT2D eigenvalue weighted by atomic mass is 9.79. The third-order valence-corrected chi connectivity index (χ3v) is 14.6. The number of para-hydroxylation sites is 1. The highest BCUT2D eigenvalue weighted by Crippen LogP contribution is 2.53. The van der Waals surface area contributed by atoms with Crippen LogP contribution in [-0.4, -0.2) is 83.5 Å². The Hall–Kier alpha value is -7.27. The molecule has 4 heterocycles. The molecule has 1 unspecified atom stereocenters. The van der Waals surface area contributed by atoms with Crippen LogP contribution < -0.4 is 24.3 Å². The number of aromatic nitrogens is 2. The monoisotopic (exact) mass is 983 g/mol. The molecular formula is C62H74N6O5. The first-order valence-electron chi connectivity index (χ1n) is 26.2. The number of carbonyl (C=O) groups is 2. The van der Waals surface area contributed by atoms with Gasteiger partial charge in [0.2, 0.25) is 5.60 Å². The second kappa shape index (κ2) is 22.2. The average molecular weight is 983 g/mol. The number of hydrogen-bond donors (Lipinski definition) is 0. The topological polar surface area (TPSA) is 92.6 Å². The Morgan fingerprint density at radius 1 is 0.575 bits per heavy atom. The molecule has 73 heavy (non-hydrogen) atoms. The van der Waals surface area contributed by atoms with Crippen molar-refractivity contribution in [3.05, 3.63) is 178 Å². The van der Waals surface area contributed by atoms with Crippen molar-refractivity contribution in [2.75, 3.05) is 81.6 Å². The number of carbonyl (C=O) groups excluding carboxylic acids is 2. The molecule has 1 atom stereocenters. The number of hydrogen-bond acceptors (Lipinski definition) is 10. The number of cyclic esters (lactones) is 2.